The summed E-state index contributed by atoms with van der Waals surface area (Å²) in [6.45, 7) is 2.71. The number of carbonyl (C=O) groups is 1. The lowest BCUT2D eigenvalue weighted by Crippen LogP contribution is -2.65. The molecule has 0 radical (unpaired) electrons. The highest BCUT2D eigenvalue weighted by atomic mass is 16.7. The van der Waals surface area contributed by atoms with E-state index in [1.54, 1.807) is 6.08 Å². The first-order valence-corrected chi connectivity index (χ1v) is 41.6. The van der Waals surface area contributed by atoms with E-state index in [1.165, 1.54) is 154 Å². The van der Waals surface area contributed by atoms with Gasteiger partial charge in [0.25, 0.3) is 0 Å². The number of amides is 1. The van der Waals surface area contributed by atoms with Crippen molar-refractivity contribution in [3.8, 4) is 0 Å². The van der Waals surface area contributed by atoms with Crippen molar-refractivity contribution < 1.29 is 64.6 Å². The Labute approximate surface area is 627 Å². The summed E-state index contributed by atoms with van der Waals surface area (Å²) < 4.78 is 22.9. The van der Waals surface area contributed by atoms with E-state index in [9.17, 15) is 45.6 Å². The standard InChI is InChI=1S/C89H151NO13/c1-3-5-7-9-11-13-15-17-19-21-23-25-27-29-31-33-34-35-36-37-38-39-40-41-42-43-44-45-47-49-51-53-55-57-59-61-63-65-67-69-71-73-81(94)90-77(76-100-88-86(99)84(97)87(80(75-92)102-88)103-89-85(98)83(96)82(95)79(74-91)101-89)78(93)72-70-68-66-64-62-60-58-56-54-52-50-48-46-32-30-28-26-24-22-20-18-16-14-12-10-8-6-4-2/h5,7,11,13,17,19,23,25,29,31,34-35,37-38,40-41,43-44,47,49,53,55,70,72,77-80,82-89,91-93,95-99H,3-4,6,8-10,12,14-16,18,20-22,24,26-28,30,32-33,36,39,42,45-46,48,50-52,54,56-69,71,73-76H2,1-2H3,(H,90,94)/b7-5-,13-11-,19-17-,25-23-,31-29-,35-34-,38-37-,41-40-,44-43-,49-47-,55-53-,72-70+. The molecule has 103 heavy (non-hydrogen) atoms. The Kier molecular flexibility index (Phi) is 65.3. The highest BCUT2D eigenvalue weighted by molar-refractivity contribution is 5.76. The first-order valence-electron chi connectivity index (χ1n) is 41.6. The van der Waals surface area contributed by atoms with Crippen molar-refractivity contribution in [1.29, 1.82) is 0 Å². The monoisotopic (exact) mass is 1440 g/mol. The predicted octanol–water partition coefficient (Wildman–Crippen LogP) is 19.5. The van der Waals surface area contributed by atoms with Gasteiger partial charge in [-0.25, -0.2) is 0 Å². The van der Waals surface area contributed by atoms with Crippen LogP contribution in [0.4, 0.5) is 0 Å². The number of allylic oxidation sites excluding steroid dienone is 23. The normalized spacial score (nSPS) is 22.3. The fourth-order valence-corrected chi connectivity index (χ4v) is 12.8. The zero-order valence-corrected chi connectivity index (χ0v) is 64.8. The molecule has 14 nitrogen and oxygen atoms in total. The fraction of sp³-hybridized carbons (Fsp3) is 0.719. The van der Waals surface area contributed by atoms with E-state index in [4.69, 9.17) is 18.9 Å². The summed E-state index contributed by atoms with van der Waals surface area (Å²) >= 11 is 0. The third kappa shape index (κ3) is 53.3. The lowest BCUT2D eigenvalue weighted by atomic mass is 9.97. The van der Waals surface area contributed by atoms with Gasteiger partial charge >= 0.3 is 0 Å². The molecular formula is C89H151NO13. The molecule has 0 bridgehead atoms. The molecule has 9 N–H and O–H groups in total. The average molecular weight is 1440 g/mol. The molecule has 0 saturated carbocycles. The van der Waals surface area contributed by atoms with E-state index in [1.807, 2.05) is 6.08 Å². The van der Waals surface area contributed by atoms with E-state index in [0.717, 1.165) is 135 Å². The number of aliphatic hydroxyl groups excluding tert-OH is 8. The van der Waals surface area contributed by atoms with Gasteiger partial charge in [-0.05, 0) is 103 Å². The zero-order chi connectivity index (χ0) is 74.4. The van der Waals surface area contributed by atoms with Crippen molar-refractivity contribution in [2.75, 3.05) is 19.8 Å². The molecule has 12 atom stereocenters. The molecule has 0 spiro atoms. The maximum atomic E-state index is 13.4. The molecule has 2 rings (SSSR count). The molecule has 2 aliphatic rings. The van der Waals surface area contributed by atoms with Gasteiger partial charge in [-0.1, -0.05) is 352 Å². The second kappa shape index (κ2) is 70.8. The first kappa shape index (κ1) is 94.9. The van der Waals surface area contributed by atoms with Crippen LogP contribution in [-0.4, -0.2) is 140 Å². The van der Waals surface area contributed by atoms with E-state index in [-0.39, 0.29) is 18.9 Å². The molecule has 14 heteroatoms. The van der Waals surface area contributed by atoms with Crippen LogP contribution in [0.3, 0.4) is 0 Å². The minimum Gasteiger partial charge on any atom is -0.394 e. The summed E-state index contributed by atoms with van der Waals surface area (Å²) in [5.41, 5.74) is 0. The number of aliphatic hydroxyl groups is 8. The summed E-state index contributed by atoms with van der Waals surface area (Å²) in [5, 5.41) is 87.7. The Morgan fingerprint density at radius 1 is 0.359 bits per heavy atom. The average Bonchev–Trinajstić information content (AvgIpc) is 0.791. The highest BCUT2D eigenvalue weighted by Gasteiger charge is 2.51. The molecule has 2 fully saturated rings. The molecular weight excluding hydrogens is 1290 g/mol. The van der Waals surface area contributed by atoms with Crippen molar-refractivity contribution in [1.82, 2.24) is 5.32 Å². The molecule has 0 aliphatic carbocycles. The molecule has 0 aromatic heterocycles. The van der Waals surface area contributed by atoms with Gasteiger partial charge in [-0.2, -0.15) is 0 Å². The second-order valence-electron chi connectivity index (χ2n) is 28.5. The number of ether oxygens (including phenoxy) is 4. The van der Waals surface area contributed by atoms with Crippen molar-refractivity contribution in [3.63, 3.8) is 0 Å². The minimum absolute atomic E-state index is 0.253. The van der Waals surface area contributed by atoms with Gasteiger partial charge in [0.05, 0.1) is 32.0 Å². The summed E-state index contributed by atoms with van der Waals surface area (Å²) in [7, 11) is 0. The van der Waals surface area contributed by atoms with Crippen LogP contribution in [0.25, 0.3) is 0 Å². The van der Waals surface area contributed by atoms with Crippen molar-refractivity contribution in [2.24, 2.45) is 0 Å². The van der Waals surface area contributed by atoms with Gasteiger partial charge < -0.3 is 65.1 Å². The largest absolute Gasteiger partial charge is 0.394 e. The van der Waals surface area contributed by atoms with Crippen LogP contribution >= 0.6 is 0 Å². The lowest BCUT2D eigenvalue weighted by molar-refractivity contribution is -0.359. The molecule has 2 heterocycles. The van der Waals surface area contributed by atoms with Crippen molar-refractivity contribution in [3.05, 3.63) is 146 Å². The summed E-state index contributed by atoms with van der Waals surface area (Å²) in [5.74, 6) is -0.253. The Morgan fingerprint density at radius 2 is 0.670 bits per heavy atom. The predicted molar refractivity (Wildman–Crippen MR) is 428 cm³/mol. The first-order chi connectivity index (χ1) is 50.6. The van der Waals surface area contributed by atoms with Gasteiger partial charge in [-0.3, -0.25) is 4.79 Å². The highest BCUT2D eigenvalue weighted by Crippen LogP contribution is 2.30. The van der Waals surface area contributed by atoms with Crippen LogP contribution < -0.4 is 5.32 Å². The Morgan fingerprint density at radius 3 is 1.03 bits per heavy atom. The summed E-state index contributed by atoms with van der Waals surface area (Å²) in [6.07, 6.45) is 90.6. The Bertz CT molecular complexity index is 2300. The Hall–Kier alpha value is -4.13. The van der Waals surface area contributed by atoms with Gasteiger partial charge in [0.2, 0.25) is 5.91 Å². The van der Waals surface area contributed by atoms with Gasteiger partial charge in [0, 0.05) is 6.42 Å². The molecule has 590 valence electrons. The van der Waals surface area contributed by atoms with Crippen molar-refractivity contribution in [2.45, 2.75) is 389 Å². The number of unbranched alkanes of at least 4 members (excludes halogenated alkanes) is 33. The quantitative estimate of drug-likeness (QED) is 0.0204. The minimum atomic E-state index is -1.80. The van der Waals surface area contributed by atoms with Gasteiger partial charge in [-0.15, -0.1) is 0 Å². The van der Waals surface area contributed by atoms with E-state index in [0.29, 0.717) is 6.42 Å². The third-order valence-corrected chi connectivity index (χ3v) is 19.3. The number of carbonyl (C=O) groups excluding carboxylic acids is 1. The van der Waals surface area contributed by atoms with Gasteiger partial charge in [0.1, 0.15) is 48.8 Å². The molecule has 2 aliphatic heterocycles. The molecule has 0 aromatic rings. The topological polar surface area (TPSA) is 228 Å². The molecule has 2 saturated heterocycles. The van der Waals surface area contributed by atoms with E-state index >= 15 is 0 Å². The molecule has 12 unspecified atom stereocenters. The molecule has 1 amide bonds. The Balaban J connectivity index is 1.63. The number of hydrogen-bond donors (Lipinski definition) is 9. The second-order valence-corrected chi connectivity index (χ2v) is 28.5. The van der Waals surface area contributed by atoms with E-state index in [2.05, 4.69) is 153 Å². The van der Waals surface area contributed by atoms with Crippen LogP contribution in [0.2, 0.25) is 0 Å². The maximum Gasteiger partial charge on any atom is 0.220 e. The third-order valence-electron chi connectivity index (χ3n) is 19.3. The smallest absolute Gasteiger partial charge is 0.220 e. The van der Waals surface area contributed by atoms with Gasteiger partial charge in [0.15, 0.2) is 12.6 Å². The fourth-order valence-electron chi connectivity index (χ4n) is 12.8. The summed E-state index contributed by atoms with van der Waals surface area (Å²) in [4.78, 5) is 13.4. The van der Waals surface area contributed by atoms with Crippen LogP contribution in [0.15, 0.2) is 146 Å². The van der Waals surface area contributed by atoms with E-state index < -0.39 is 86.8 Å². The van der Waals surface area contributed by atoms with Crippen molar-refractivity contribution >= 4 is 5.91 Å². The number of rotatable bonds is 68. The number of nitrogens with one attached hydrogen (secondary N) is 1. The maximum absolute atomic E-state index is 13.4. The zero-order valence-electron chi connectivity index (χ0n) is 64.8. The SMILES string of the molecule is CC/C=C\C/C=C\C/C=C\C/C=C\C/C=C\C/C=C\C/C=C\C/C=C\C/C=C\C/C=C\C/C=C\CCCCCCCCCC(=O)NC(COC1OC(CO)C(OC2OC(CO)C(O)C(O)C2O)C(O)C1O)C(O)/C=C/CCCCCCCCCCCCCCCCCCCCCCCCCCCC. The summed E-state index contributed by atoms with van der Waals surface area (Å²) in [6, 6.07) is -0.933. The number of hydrogen-bond acceptors (Lipinski definition) is 13. The lowest BCUT2D eigenvalue weighted by Gasteiger charge is -2.46. The van der Waals surface area contributed by atoms with Crippen LogP contribution in [0.1, 0.15) is 316 Å². The van der Waals surface area contributed by atoms with Crippen LogP contribution in [-0.2, 0) is 23.7 Å². The van der Waals surface area contributed by atoms with Crippen LogP contribution in [0.5, 0.6) is 0 Å². The van der Waals surface area contributed by atoms with Crippen LogP contribution in [0, 0.1) is 0 Å². The molecule has 0 aromatic carbocycles.